The first-order chi connectivity index (χ1) is 8.83. The number of aryl methyl sites for hydroxylation is 1. The Labute approximate surface area is 114 Å². The second-order valence-electron chi connectivity index (χ2n) is 4.82. The van der Waals surface area contributed by atoms with Crippen molar-refractivity contribution in [3.8, 4) is 0 Å². The van der Waals surface area contributed by atoms with E-state index >= 15 is 0 Å². The predicted molar refractivity (Wildman–Crippen MR) is 81.0 cm³/mol. The molecule has 1 nitrogen and oxygen atoms in total. The molecule has 1 aliphatic carbocycles. The zero-order valence-electron chi connectivity index (χ0n) is 9.83. The third-order valence-corrected chi connectivity index (χ3v) is 4.38. The topological polar surface area (TPSA) is 15.8 Å². The van der Waals surface area contributed by atoms with Crippen LogP contribution in [0.2, 0.25) is 0 Å². The Morgan fingerprint density at radius 3 is 2.78 bits per heavy atom. The number of H-pyrrole nitrogens is 1. The lowest BCUT2D eigenvalue weighted by atomic mass is 9.95. The van der Waals surface area contributed by atoms with Crippen LogP contribution < -0.4 is 0 Å². The fourth-order valence-corrected chi connectivity index (χ4v) is 3.33. The van der Waals surface area contributed by atoms with Gasteiger partial charge in [-0.2, -0.15) is 0 Å². The highest BCUT2D eigenvalue weighted by molar-refractivity contribution is 9.11. The number of para-hydroxylation sites is 1. The molecule has 2 aromatic carbocycles. The fraction of sp³-hybridized carbons (Fsp3) is 0.125. The van der Waals surface area contributed by atoms with Crippen molar-refractivity contribution in [2.75, 3.05) is 0 Å². The van der Waals surface area contributed by atoms with Crippen molar-refractivity contribution in [1.29, 1.82) is 0 Å². The maximum Gasteiger partial charge on any atom is 0.0503 e. The van der Waals surface area contributed by atoms with E-state index in [-0.39, 0.29) is 0 Å². The molecular weight excluding hydrogens is 286 g/mol. The van der Waals surface area contributed by atoms with Gasteiger partial charge in [0.1, 0.15) is 0 Å². The Kier molecular flexibility index (Phi) is 2.15. The van der Waals surface area contributed by atoms with E-state index in [4.69, 9.17) is 0 Å². The quantitative estimate of drug-likeness (QED) is 0.601. The molecule has 1 heterocycles. The highest BCUT2D eigenvalue weighted by Crippen LogP contribution is 2.35. The van der Waals surface area contributed by atoms with Crippen LogP contribution in [-0.4, -0.2) is 4.98 Å². The Morgan fingerprint density at radius 2 is 1.83 bits per heavy atom. The summed E-state index contributed by atoms with van der Waals surface area (Å²) in [6.07, 6.45) is 4.45. The molecule has 0 amide bonds. The lowest BCUT2D eigenvalue weighted by molar-refractivity contribution is 0.984. The van der Waals surface area contributed by atoms with E-state index in [1.807, 2.05) is 0 Å². The van der Waals surface area contributed by atoms with Crippen LogP contribution in [0.5, 0.6) is 0 Å². The van der Waals surface area contributed by atoms with Gasteiger partial charge in [0.2, 0.25) is 0 Å². The summed E-state index contributed by atoms with van der Waals surface area (Å²) >= 11 is 3.61. The first-order valence-corrected chi connectivity index (χ1v) is 7.00. The number of nitrogens with one attached hydrogen (secondary N) is 1. The summed E-state index contributed by atoms with van der Waals surface area (Å²) in [5, 5.41) is 2.67. The Balaban J connectivity index is 2.15. The number of hydrogen-bond acceptors (Lipinski definition) is 0. The lowest BCUT2D eigenvalue weighted by Crippen LogP contribution is -1.97. The van der Waals surface area contributed by atoms with E-state index in [2.05, 4.69) is 63.4 Å². The van der Waals surface area contributed by atoms with Crippen LogP contribution in [0.1, 0.15) is 17.5 Å². The number of aromatic nitrogens is 1. The molecule has 0 saturated carbocycles. The van der Waals surface area contributed by atoms with E-state index in [1.54, 1.807) is 0 Å². The average Bonchev–Trinajstić information content (AvgIpc) is 2.77. The van der Waals surface area contributed by atoms with Crippen molar-refractivity contribution < 1.29 is 0 Å². The smallest absolute Gasteiger partial charge is 0.0503 e. The Hall–Kier alpha value is -1.54. The number of fused-ring (bicyclic) bond motifs is 5. The third-order valence-electron chi connectivity index (χ3n) is 3.75. The second kappa shape index (κ2) is 3.72. The highest BCUT2D eigenvalue weighted by Gasteiger charge is 2.14. The van der Waals surface area contributed by atoms with Gasteiger partial charge in [0, 0.05) is 16.3 Å². The minimum atomic E-state index is 1.10. The first-order valence-electron chi connectivity index (χ1n) is 6.21. The number of aromatic amines is 1. The summed E-state index contributed by atoms with van der Waals surface area (Å²) in [7, 11) is 0. The molecule has 1 N–H and O–H groups in total. The summed E-state index contributed by atoms with van der Waals surface area (Å²) in [6, 6.07) is 13.0. The minimum Gasteiger partial charge on any atom is -0.354 e. The molecule has 1 aromatic heterocycles. The van der Waals surface area contributed by atoms with E-state index < -0.39 is 0 Å². The normalized spacial score (nSPS) is 14.8. The molecule has 0 fully saturated rings. The highest BCUT2D eigenvalue weighted by atomic mass is 79.9. The van der Waals surface area contributed by atoms with Crippen molar-refractivity contribution in [3.05, 3.63) is 52.0 Å². The van der Waals surface area contributed by atoms with E-state index in [1.165, 1.54) is 37.4 Å². The standard InChI is InChI=1S/C16H12BrN/c17-11-6-8-12-10(9-11)5-7-14-13-3-1-2-4-15(13)18-16(12)14/h1-5,7,9,18H,6,8H2. The van der Waals surface area contributed by atoms with Gasteiger partial charge in [-0.05, 0) is 40.6 Å². The van der Waals surface area contributed by atoms with Gasteiger partial charge < -0.3 is 4.98 Å². The van der Waals surface area contributed by atoms with Gasteiger partial charge in [0.25, 0.3) is 0 Å². The monoisotopic (exact) mass is 297 g/mol. The van der Waals surface area contributed by atoms with Crippen LogP contribution >= 0.6 is 15.9 Å². The molecule has 0 unspecified atom stereocenters. The van der Waals surface area contributed by atoms with Crippen LogP contribution in [0.25, 0.3) is 27.9 Å². The van der Waals surface area contributed by atoms with E-state index in [0.717, 1.165) is 12.8 Å². The summed E-state index contributed by atoms with van der Waals surface area (Å²) in [6.45, 7) is 0. The van der Waals surface area contributed by atoms with Crippen molar-refractivity contribution in [3.63, 3.8) is 0 Å². The van der Waals surface area contributed by atoms with Gasteiger partial charge >= 0.3 is 0 Å². The summed E-state index contributed by atoms with van der Waals surface area (Å²) in [4.78, 5) is 3.58. The maximum absolute atomic E-state index is 3.61. The maximum atomic E-state index is 3.61. The molecule has 3 aromatic rings. The fourth-order valence-electron chi connectivity index (χ4n) is 2.88. The summed E-state index contributed by atoms with van der Waals surface area (Å²) < 4.78 is 1.30. The molecule has 18 heavy (non-hydrogen) atoms. The molecule has 0 saturated heterocycles. The number of hydrogen-bond donors (Lipinski definition) is 1. The molecule has 0 bridgehead atoms. The van der Waals surface area contributed by atoms with Crippen LogP contribution in [0.4, 0.5) is 0 Å². The van der Waals surface area contributed by atoms with Crippen LogP contribution in [0.15, 0.2) is 40.9 Å². The molecule has 2 heteroatoms. The Morgan fingerprint density at radius 1 is 0.944 bits per heavy atom. The largest absolute Gasteiger partial charge is 0.354 e. The van der Waals surface area contributed by atoms with Gasteiger partial charge in [0.15, 0.2) is 0 Å². The molecule has 0 radical (unpaired) electrons. The lowest BCUT2D eigenvalue weighted by Gasteiger charge is -2.13. The average molecular weight is 298 g/mol. The number of benzene rings is 2. The van der Waals surface area contributed by atoms with Crippen LogP contribution in [0, 0.1) is 0 Å². The summed E-state index contributed by atoms with van der Waals surface area (Å²) in [5.74, 6) is 0. The SMILES string of the molecule is BrC1=Cc2ccc3c([nH]c4ccccc43)c2CC1. The van der Waals surface area contributed by atoms with Crippen molar-refractivity contribution in [1.82, 2.24) is 4.98 Å². The first kappa shape index (κ1) is 10.4. The van der Waals surface area contributed by atoms with Crippen molar-refractivity contribution >= 4 is 43.8 Å². The van der Waals surface area contributed by atoms with Gasteiger partial charge in [-0.15, -0.1) is 0 Å². The minimum absolute atomic E-state index is 1.10. The summed E-state index contributed by atoms with van der Waals surface area (Å²) in [5.41, 5.74) is 5.33. The number of rotatable bonds is 0. The molecule has 4 rings (SSSR count). The molecular formula is C16H12BrN. The van der Waals surface area contributed by atoms with Crippen molar-refractivity contribution in [2.24, 2.45) is 0 Å². The third kappa shape index (κ3) is 1.39. The van der Waals surface area contributed by atoms with Crippen LogP contribution in [-0.2, 0) is 6.42 Å². The second-order valence-corrected chi connectivity index (χ2v) is 5.84. The number of halogens is 1. The van der Waals surface area contributed by atoms with Gasteiger partial charge in [-0.1, -0.05) is 46.3 Å². The van der Waals surface area contributed by atoms with Crippen LogP contribution in [0.3, 0.4) is 0 Å². The van der Waals surface area contributed by atoms with Gasteiger partial charge in [-0.3, -0.25) is 0 Å². The molecule has 0 aliphatic heterocycles. The van der Waals surface area contributed by atoms with Crippen molar-refractivity contribution in [2.45, 2.75) is 12.8 Å². The zero-order chi connectivity index (χ0) is 12.1. The van der Waals surface area contributed by atoms with Gasteiger partial charge in [0.05, 0.1) is 5.52 Å². The molecule has 0 atom stereocenters. The zero-order valence-corrected chi connectivity index (χ0v) is 11.4. The number of allylic oxidation sites excluding steroid dienone is 1. The predicted octanol–water partition coefficient (Wildman–Crippen LogP) is 5.00. The van der Waals surface area contributed by atoms with E-state index in [0.29, 0.717) is 0 Å². The van der Waals surface area contributed by atoms with Gasteiger partial charge in [-0.25, -0.2) is 0 Å². The van der Waals surface area contributed by atoms with E-state index in [9.17, 15) is 0 Å². The molecule has 1 aliphatic rings. The molecule has 88 valence electrons. The molecule has 0 spiro atoms. The Bertz CT molecular complexity index is 795.